The highest BCUT2D eigenvalue weighted by Crippen LogP contribution is 2.23. The summed E-state index contributed by atoms with van der Waals surface area (Å²) < 4.78 is 5.16. The first-order valence-electron chi connectivity index (χ1n) is 11.1. The Hall–Kier alpha value is -3.68. The maximum Gasteiger partial charge on any atom is 0.311 e. The molecule has 174 valence electrons. The lowest BCUT2D eigenvalue weighted by Gasteiger charge is -2.18. The number of aryl methyl sites for hydroxylation is 3. The van der Waals surface area contributed by atoms with Crippen LogP contribution in [0, 0.1) is 12.8 Å². The number of amides is 3. The van der Waals surface area contributed by atoms with Crippen LogP contribution in [-0.4, -0.2) is 41.9 Å². The van der Waals surface area contributed by atoms with Gasteiger partial charge < -0.3 is 10.1 Å². The van der Waals surface area contributed by atoms with Gasteiger partial charge in [-0.2, -0.15) is 0 Å². The van der Waals surface area contributed by atoms with E-state index in [1.165, 1.54) is 0 Å². The Labute approximate surface area is 193 Å². The van der Waals surface area contributed by atoms with Gasteiger partial charge in [0.1, 0.15) is 0 Å². The van der Waals surface area contributed by atoms with E-state index in [1.807, 2.05) is 39.0 Å². The van der Waals surface area contributed by atoms with Crippen LogP contribution in [0.2, 0.25) is 0 Å². The number of hydrogen-bond acceptors (Lipinski definition) is 5. The molecule has 0 spiro atoms. The van der Waals surface area contributed by atoms with Gasteiger partial charge in [0.2, 0.25) is 5.91 Å². The van der Waals surface area contributed by atoms with E-state index in [9.17, 15) is 19.2 Å². The molecular formula is C25H29N3O5. The van der Waals surface area contributed by atoms with Gasteiger partial charge in [0.05, 0.1) is 12.5 Å². The van der Waals surface area contributed by atoms with Gasteiger partial charge in [-0.1, -0.05) is 49.7 Å². The SMILES string of the molecule is CCc1cccc(CC)c1NC(=O)COC(=O)[C@@H]1CC(=O)N(NC(=O)c2ccc(C)cc2)C1. The summed E-state index contributed by atoms with van der Waals surface area (Å²) in [5.74, 6) is -2.65. The van der Waals surface area contributed by atoms with Gasteiger partial charge >= 0.3 is 5.97 Å². The standard InChI is InChI=1S/C25H29N3O5/c1-4-17-7-6-8-18(5-2)23(17)26-21(29)15-33-25(32)20-13-22(30)28(14-20)27-24(31)19-11-9-16(3)10-12-19/h6-12,20H,4-5,13-15H2,1-3H3,(H,26,29)(H,27,31)/t20-/m1/s1. The largest absolute Gasteiger partial charge is 0.455 e. The van der Waals surface area contributed by atoms with E-state index >= 15 is 0 Å². The Bertz CT molecular complexity index is 1030. The lowest BCUT2D eigenvalue weighted by atomic mass is 10.0. The van der Waals surface area contributed by atoms with Crippen LogP contribution < -0.4 is 10.7 Å². The van der Waals surface area contributed by atoms with Crippen molar-refractivity contribution in [2.45, 2.75) is 40.0 Å². The van der Waals surface area contributed by atoms with Crippen LogP contribution in [0.3, 0.4) is 0 Å². The summed E-state index contributed by atoms with van der Waals surface area (Å²) in [5, 5.41) is 3.97. The first kappa shape index (κ1) is 24.0. The van der Waals surface area contributed by atoms with Gasteiger partial charge in [0.15, 0.2) is 6.61 Å². The highest BCUT2D eigenvalue weighted by molar-refractivity contribution is 5.97. The molecule has 2 N–H and O–H groups in total. The molecule has 8 nitrogen and oxygen atoms in total. The second kappa shape index (κ2) is 10.8. The zero-order valence-electron chi connectivity index (χ0n) is 19.1. The molecule has 2 aromatic rings. The fourth-order valence-corrected chi connectivity index (χ4v) is 3.70. The van der Waals surface area contributed by atoms with Crippen molar-refractivity contribution in [1.82, 2.24) is 10.4 Å². The number of carbonyl (C=O) groups excluding carboxylic acids is 4. The molecule has 2 aromatic carbocycles. The maximum absolute atomic E-state index is 12.4. The molecule has 1 aliphatic heterocycles. The van der Waals surface area contributed by atoms with Gasteiger partial charge in [0, 0.05) is 17.7 Å². The Morgan fingerprint density at radius 3 is 2.27 bits per heavy atom. The third kappa shape index (κ3) is 5.97. The minimum Gasteiger partial charge on any atom is -0.455 e. The summed E-state index contributed by atoms with van der Waals surface area (Å²) in [6, 6.07) is 12.8. The second-order valence-electron chi connectivity index (χ2n) is 8.03. The lowest BCUT2D eigenvalue weighted by molar-refractivity contribution is -0.151. The normalized spacial score (nSPS) is 15.3. The van der Waals surface area contributed by atoms with Crippen molar-refractivity contribution in [1.29, 1.82) is 0 Å². The van der Waals surface area contributed by atoms with Crippen LogP contribution >= 0.6 is 0 Å². The quantitative estimate of drug-likeness (QED) is 0.601. The molecule has 0 saturated carbocycles. The molecule has 8 heteroatoms. The molecule has 0 radical (unpaired) electrons. The molecule has 1 heterocycles. The van der Waals surface area contributed by atoms with E-state index in [2.05, 4.69) is 10.7 Å². The number of ether oxygens (including phenoxy) is 1. The molecule has 3 amide bonds. The van der Waals surface area contributed by atoms with Crippen LogP contribution in [0.4, 0.5) is 5.69 Å². The Morgan fingerprint density at radius 1 is 1.03 bits per heavy atom. The van der Waals surface area contributed by atoms with E-state index in [0.29, 0.717) is 5.56 Å². The maximum atomic E-state index is 12.4. The molecule has 0 unspecified atom stereocenters. The monoisotopic (exact) mass is 451 g/mol. The molecule has 33 heavy (non-hydrogen) atoms. The fourth-order valence-electron chi connectivity index (χ4n) is 3.70. The molecule has 1 aliphatic rings. The van der Waals surface area contributed by atoms with Crippen LogP contribution in [0.5, 0.6) is 0 Å². The molecule has 1 atom stereocenters. The molecule has 0 bridgehead atoms. The number of esters is 1. The summed E-state index contributed by atoms with van der Waals surface area (Å²) in [5.41, 5.74) is 6.73. The van der Waals surface area contributed by atoms with Gasteiger partial charge in [-0.25, -0.2) is 0 Å². The fraction of sp³-hybridized carbons (Fsp3) is 0.360. The number of carbonyl (C=O) groups is 4. The van der Waals surface area contributed by atoms with Crippen molar-refractivity contribution in [3.05, 3.63) is 64.7 Å². The van der Waals surface area contributed by atoms with E-state index in [0.717, 1.165) is 40.2 Å². The number of hydrogen-bond donors (Lipinski definition) is 2. The molecule has 1 saturated heterocycles. The predicted molar refractivity (Wildman–Crippen MR) is 123 cm³/mol. The zero-order valence-corrected chi connectivity index (χ0v) is 19.1. The average Bonchev–Trinajstić information content (AvgIpc) is 3.18. The summed E-state index contributed by atoms with van der Waals surface area (Å²) in [4.78, 5) is 49.4. The Balaban J connectivity index is 1.52. The van der Waals surface area contributed by atoms with Gasteiger partial charge in [-0.15, -0.1) is 0 Å². The van der Waals surface area contributed by atoms with E-state index < -0.39 is 30.3 Å². The first-order valence-corrected chi connectivity index (χ1v) is 11.1. The van der Waals surface area contributed by atoms with Crippen molar-refractivity contribution >= 4 is 29.4 Å². The topological polar surface area (TPSA) is 105 Å². The number of nitrogens with zero attached hydrogens (tertiary/aromatic N) is 1. The number of benzene rings is 2. The smallest absolute Gasteiger partial charge is 0.311 e. The van der Waals surface area contributed by atoms with Crippen molar-refractivity contribution in [3.63, 3.8) is 0 Å². The average molecular weight is 452 g/mol. The second-order valence-corrected chi connectivity index (χ2v) is 8.03. The number of rotatable bonds is 8. The van der Waals surface area contributed by atoms with Gasteiger partial charge in [-0.05, 0) is 43.0 Å². The minimum atomic E-state index is -0.752. The van der Waals surface area contributed by atoms with Crippen LogP contribution in [-0.2, 0) is 32.0 Å². The molecular weight excluding hydrogens is 422 g/mol. The molecule has 3 rings (SSSR count). The Morgan fingerprint density at radius 2 is 1.67 bits per heavy atom. The predicted octanol–water partition coefficient (Wildman–Crippen LogP) is 2.80. The van der Waals surface area contributed by atoms with Gasteiger partial charge in [-0.3, -0.25) is 29.6 Å². The molecule has 0 aliphatic carbocycles. The van der Waals surface area contributed by atoms with Crippen LogP contribution in [0.1, 0.15) is 47.3 Å². The number of anilines is 1. The van der Waals surface area contributed by atoms with Crippen molar-refractivity contribution < 1.29 is 23.9 Å². The summed E-state index contributed by atoms with van der Waals surface area (Å²) in [7, 11) is 0. The highest BCUT2D eigenvalue weighted by atomic mass is 16.5. The van der Waals surface area contributed by atoms with E-state index in [-0.39, 0.29) is 18.9 Å². The third-order valence-electron chi connectivity index (χ3n) is 5.62. The number of hydrazine groups is 1. The van der Waals surface area contributed by atoms with Crippen molar-refractivity contribution in [2.75, 3.05) is 18.5 Å². The van der Waals surface area contributed by atoms with Crippen LogP contribution in [0.25, 0.3) is 0 Å². The molecule has 1 fully saturated rings. The van der Waals surface area contributed by atoms with Crippen molar-refractivity contribution in [3.8, 4) is 0 Å². The third-order valence-corrected chi connectivity index (χ3v) is 5.62. The van der Waals surface area contributed by atoms with E-state index in [4.69, 9.17) is 4.74 Å². The summed E-state index contributed by atoms with van der Waals surface area (Å²) in [6.45, 7) is 5.47. The number of nitrogens with one attached hydrogen (secondary N) is 2. The van der Waals surface area contributed by atoms with Gasteiger partial charge in [0.25, 0.3) is 11.8 Å². The number of para-hydroxylation sites is 1. The zero-order chi connectivity index (χ0) is 24.0. The summed E-state index contributed by atoms with van der Waals surface area (Å²) in [6.07, 6.45) is 1.43. The van der Waals surface area contributed by atoms with Crippen molar-refractivity contribution in [2.24, 2.45) is 5.92 Å². The van der Waals surface area contributed by atoms with Crippen LogP contribution in [0.15, 0.2) is 42.5 Å². The first-order chi connectivity index (χ1) is 15.8. The summed E-state index contributed by atoms with van der Waals surface area (Å²) >= 11 is 0. The Kier molecular flexibility index (Phi) is 7.82. The molecule has 0 aromatic heterocycles. The lowest BCUT2D eigenvalue weighted by Crippen LogP contribution is -2.43. The van der Waals surface area contributed by atoms with E-state index in [1.54, 1.807) is 24.3 Å². The highest BCUT2D eigenvalue weighted by Gasteiger charge is 2.36. The minimum absolute atomic E-state index is 0.00443.